The first-order valence-electron chi connectivity index (χ1n) is 3.97. The lowest BCUT2D eigenvalue weighted by atomic mass is 9.96. The zero-order valence-electron chi connectivity index (χ0n) is 7.28. The van der Waals surface area contributed by atoms with Crippen LogP contribution in [0, 0.1) is 16.7 Å². The second-order valence-electron chi connectivity index (χ2n) is 4.21. The molecule has 0 aliphatic heterocycles. The van der Waals surface area contributed by atoms with E-state index >= 15 is 0 Å². The predicted molar refractivity (Wildman–Crippen MR) is 41.3 cm³/mol. The number of rotatable bonds is 1. The topological polar surface area (TPSA) is 0 Å². The van der Waals surface area contributed by atoms with E-state index in [1.807, 2.05) is 0 Å². The van der Waals surface area contributed by atoms with Crippen LogP contribution in [-0.2, 0) is 0 Å². The number of hydrogen-bond acceptors (Lipinski definition) is 0. The molecule has 0 aromatic heterocycles. The van der Waals surface area contributed by atoms with Crippen LogP contribution in [0.25, 0.3) is 0 Å². The van der Waals surface area contributed by atoms with Crippen molar-refractivity contribution in [1.82, 2.24) is 0 Å². The molecule has 2 atom stereocenters. The molecule has 1 saturated carbocycles. The molecule has 1 rings (SSSR count). The summed E-state index contributed by atoms with van der Waals surface area (Å²) < 4.78 is 0. The van der Waals surface area contributed by atoms with Crippen LogP contribution in [0.15, 0.2) is 0 Å². The number of hydrogen-bond donors (Lipinski definition) is 0. The monoisotopic (exact) mass is 126 g/mol. The quantitative estimate of drug-likeness (QED) is 0.506. The third-order valence-electron chi connectivity index (χ3n) is 4.16. The normalized spacial score (nSPS) is 47.0. The minimum Gasteiger partial charge on any atom is -0.0648 e. The van der Waals surface area contributed by atoms with Gasteiger partial charge in [-0.2, -0.15) is 0 Å². The summed E-state index contributed by atoms with van der Waals surface area (Å²) in [7, 11) is 0. The standard InChI is InChI=1S/C9H18/c1-6-9(5)7(2)8(9,3)4/h7H,6H2,1-5H3. The van der Waals surface area contributed by atoms with E-state index in [0.29, 0.717) is 10.8 Å². The smallest absolute Gasteiger partial charge is 0.0243 e. The Hall–Kier alpha value is 0. The maximum atomic E-state index is 2.40. The van der Waals surface area contributed by atoms with Crippen LogP contribution in [0.4, 0.5) is 0 Å². The van der Waals surface area contributed by atoms with Crippen molar-refractivity contribution in [1.29, 1.82) is 0 Å². The second-order valence-corrected chi connectivity index (χ2v) is 4.21. The van der Waals surface area contributed by atoms with Gasteiger partial charge in [0.15, 0.2) is 0 Å². The molecule has 0 saturated heterocycles. The highest BCUT2D eigenvalue weighted by molar-refractivity contribution is 5.11. The molecular weight excluding hydrogens is 108 g/mol. The highest BCUT2D eigenvalue weighted by Gasteiger charge is 2.63. The molecule has 0 radical (unpaired) electrons. The summed E-state index contributed by atoms with van der Waals surface area (Å²) in [5.41, 5.74) is 1.26. The van der Waals surface area contributed by atoms with E-state index in [1.54, 1.807) is 0 Å². The molecule has 0 N–H and O–H groups in total. The fourth-order valence-corrected chi connectivity index (χ4v) is 2.14. The average molecular weight is 126 g/mol. The van der Waals surface area contributed by atoms with E-state index in [9.17, 15) is 0 Å². The first kappa shape index (κ1) is 7.11. The zero-order chi connectivity index (χ0) is 7.28. The van der Waals surface area contributed by atoms with Crippen LogP contribution in [0.5, 0.6) is 0 Å². The van der Waals surface area contributed by atoms with Crippen molar-refractivity contribution in [2.45, 2.75) is 41.0 Å². The second kappa shape index (κ2) is 1.53. The Morgan fingerprint density at radius 3 is 1.56 bits per heavy atom. The molecule has 0 aromatic rings. The van der Waals surface area contributed by atoms with E-state index in [2.05, 4.69) is 34.6 Å². The molecule has 0 heteroatoms. The molecule has 1 aliphatic rings. The largest absolute Gasteiger partial charge is 0.0648 e. The van der Waals surface area contributed by atoms with Crippen molar-refractivity contribution in [3.05, 3.63) is 0 Å². The minimum absolute atomic E-state index is 0.613. The summed E-state index contributed by atoms with van der Waals surface area (Å²) in [5.74, 6) is 0.926. The summed E-state index contributed by atoms with van der Waals surface area (Å²) in [6.45, 7) is 11.8. The minimum atomic E-state index is 0.613. The van der Waals surface area contributed by atoms with Gasteiger partial charge in [0.05, 0.1) is 0 Å². The molecule has 9 heavy (non-hydrogen) atoms. The first-order chi connectivity index (χ1) is 3.97. The molecule has 0 heterocycles. The highest BCUT2D eigenvalue weighted by atomic mass is 14.7. The Morgan fingerprint density at radius 1 is 1.22 bits per heavy atom. The molecule has 0 nitrogen and oxygen atoms in total. The third-order valence-corrected chi connectivity index (χ3v) is 4.16. The molecule has 2 unspecified atom stereocenters. The van der Waals surface area contributed by atoms with Crippen LogP contribution in [-0.4, -0.2) is 0 Å². The van der Waals surface area contributed by atoms with Crippen LogP contribution in [0.3, 0.4) is 0 Å². The van der Waals surface area contributed by atoms with Crippen molar-refractivity contribution in [3.63, 3.8) is 0 Å². The molecule has 0 spiro atoms. The summed E-state index contributed by atoms with van der Waals surface area (Å²) in [5, 5.41) is 0. The maximum absolute atomic E-state index is 2.40. The van der Waals surface area contributed by atoms with Crippen molar-refractivity contribution in [3.8, 4) is 0 Å². The maximum Gasteiger partial charge on any atom is -0.0243 e. The van der Waals surface area contributed by atoms with Gasteiger partial charge < -0.3 is 0 Å². The molecular formula is C9H18. The van der Waals surface area contributed by atoms with E-state index in [0.717, 1.165) is 5.92 Å². The van der Waals surface area contributed by atoms with Crippen LogP contribution < -0.4 is 0 Å². The summed E-state index contributed by atoms with van der Waals surface area (Å²) in [4.78, 5) is 0. The summed E-state index contributed by atoms with van der Waals surface area (Å²) in [6, 6.07) is 0. The highest BCUT2D eigenvalue weighted by Crippen LogP contribution is 2.69. The predicted octanol–water partition coefficient (Wildman–Crippen LogP) is 3.08. The van der Waals surface area contributed by atoms with Gasteiger partial charge >= 0.3 is 0 Å². The molecule has 54 valence electrons. The Morgan fingerprint density at radius 2 is 1.56 bits per heavy atom. The van der Waals surface area contributed by atoms with Gasteiger partial charge in [0, 0.05) is 0 Å². The van der Waals surface area contributed by atoms with Crippen LogP contribution in [0.2, 0.25) is 0 Å². The van der Waals surface area contributed by atoms with E-state index in [1.165, 1.54) is 6.42 Å². The van der Waals surface area contributed by atoms with Crippen molar-refractivity contribution in [2.75, 3.05) is 0 Å². The Bertz CT molecular complexity index is 124. The summed E-state index contributed by atoms with van der Waals surface area (Å²) >= 11 is 0. The Kier molecular flexibility index (Phi) is 1.21. The van der Waals surface area contributed by atoms with Gasteiger partial charge in [-0.3, -0.25) is 0 Å². The van der Waals surface area contributed by atoms with Gasteiger partial charge in [-0.1, -0.05) is 34.6 Å². The Balaban J connectivity index is 2.70. The average Bonchev–Trinajstić information content (AvgIpc) is 2.16. The lowest BCUT2D eigenvalue weighted by molar-refractivity contribution is 0.405. The van der Waals surface area contributed by atoms with E-state index in [4.69, 9.17) is 0 Å². The van der Waals surface area contributed by atoms with E-state index in [-0.39, 0.29) is 0 Å². The van der Waals surface area contributed by atoms with Gasteiger partial charge in [0.2, 0.25) is 0 Å². The fourth-order valence-electron chi connectivity index (χ4n) is 2.14. The first-order valence-corrected chi connectivity index (χ1v) is 3.97. The lowest BCUT2D eigenvalue weighted by Gasteiger charge is -2.09. The van der Waals surface area contributed by atoms with Crippen LogP contribution in [0.1, 0.15) is 41.0 Å². The van der Waals surface area contributed by atoms with Gasteiger partial charge in [-0.15, -0.1) is 0 Å². The van der Waals surface area contributed by atoms with E-state index < -0.39 is 0 Å². The lowest BCUT2D eigenvalue weighted by Crippen LogP contribution is -2.00. The van der Waals surface area contributed by atoms with Crippen molar-refractivity contribution >= 4 is 0 Å². The fraction of sp³-hybridized carbons (Fsp3) is 1.00. The van der Waals surface area contributed by atoms with Gasteiger partial charge in [0.25, 0.3) is 0 Å². The molecule has 1 aliphatic carbocycles. The molecule has 0 bridgehead atoms. The molecule has 0 amide bonds. The SMILES string of the molecule is CCC1(C)C(C)C1(C)C. The Labute approximate surface area is 58.7 Å². The van der Waals surface area contributed by atoms with Gasteiger partial charge in [0.1, 0.15) is 0 Å². The van der Waals surface area contributed by atoms with Gasteiger partial charge in [-0.05, 0) is 23.2 Å². The third kappa shape index (κ3) is 0.595. The van der Waals surface area contributed by atoms with Gasteiger partial charge in [-0.25, -0.2) is 0 Å². The molecule has 0 aromatic carbocycles. The zero-order valence-corrected chi connectivity index (χ0v) is 7.28. The van der Waals surface area contributed by atoms with Crippen molar-refractivity contribution in [2.24, 2.45) is 16.7 Å². The van der Waals surface area contributed by atoms with Crippen LogP contribution >= 0.6 is 0 Å². The molecule has 1 fully saturated rings. The van der Waals surface area contributed by atoms with Crippen molar-refractivity contribution < 1.29 is 0 Å². The summed E-state index contributed by atoms with van der Waals surface area (Å²) in [6.07, 6.45) is 1.33.